The van der Waals surface area contributed by atoms with E-state index in [0.29, 0.717) is 17.4 Å². The maximum absolute atomic E-state index is 12.4. The number of hydrogen-bond acceptors (Lipinski definition) is 1. The standard InChI is InChI=1S/C19H22ClNO/c1-14(2)12-18(15-8-4-3-5-9-15)21-19(22)13-16-10-6-7-11-17(16)20/h3-11,14,18H,12-13H2,1-2H3,(H,21,22). The predicted molar refractivity (Wildman–Crippen MR) is 91.9 cm³/mol. The molecule has 22 heavy (non-hydrogen) atoms. The fourth-order valence-electron chi connectivity index (χ4n) is 2.50. The summed E-state index contributed by atoms with van der Waals surface area (Å²) in [7, 11) is 0. The second kappa shape index (κ2) is 8.00. The van der Waals surface area contributed by atoms with E-state index >= 15 is 0 Å². The summed E-state index contributed by atoms with van der Waals surface area (Å²) < 4.78 is 0. The normalized spacial score (nSPS) is 12.2. The van der Waals surface area contributed by atoms with Crippen LogP contribution in [0.2, 0.25) is 5.02 Å². The first-order chi connectivity index (χ1) is 10.6. The molecule has 0 aliphatic rings. The molecule has 0 radical (unpaired) electrons. The predicted octanol–water partition coefficient (Wildman–Crippen LogP) is 4.79. The van der Waals surface area contributed by atoms with Crippen LogP contribution in [0.25, 0.3) is 0 Å². The van der Waals surface area contributed by atoms with E-state index in [1.165, 1.54) is 0 Å². The van der Waals surface area contributed by atoms with Crippen LogP contribution in [0.3, 0.4) is 0 Å². The minimum atomic E-state index is 0.00241. The van der Waals surface area contributed by atoms with Crippen LogP contribution in [0.15, 0.2) is 54.6 Å². The molecule has 0 bridgehead atoms. The molecule has 1 atom stereocenters. The van der Waals surface area contributed by atoms with Gasteiger partial charge in [-0.15, -0.1) is 0 Å². The Kier molecular flexibility index (Phi) is 6.02. The first-order valence-electron chi connectivity index (χ1n) is 7.64. The van der Waals surface area contributed by atoms with E-state index in [4.69, 9.17) is 11.6 Å². The molecule has 3 heteroatoms. The summed E-state index contributed by atoms with van der Waals surface area (Å²) in [4.78, 5) is 12.4. The topological polar surface area (TPSA) is 29.1 Å². The van der Waals surface area contributed by atoms with Crippen molar-refractivity contribution in [3.63, 3.8) is 0 Å². The van der Waals surface area contributed by atoms with Crippen molar-refractivity contribution >= 4 is 17.5 Å². The Hall–Kier alpha value is -1.80. The lowest BCUT2D eigenvalue weighted by atomic mass is 9.96. The molecule has 0 fully saturated rings. The molecule has 0 aromatic heterocycles. The van der Waals surface area contributed by atoms with Gasteiger partial charge in [0.15, 0.2) is 0 Å². The van der Waals surface area contributed by atoms with Gasteiger partial charge < -0.3 is 5.32 Å². The van der Waals surface area contributed by atoms with Crippen molar-refractivity contribution in [3.05, 3.63) is 70.7 Å². The Balaban J connectivity index is 2.07. The fourth-order valence-corrected chi connectivity index (χ4v) is 2.70. The molecule has 116 valence electrons. The number of nitrogens with one attached hydrogen (secondary N) is 1. The molecular formula is C19H22ClNO. The molecule has 0 saturated carbocycles. The quantitative estimate of drug-likeness (QED) is 0.816. The number of rotatable bonds is 6. The Morgan fingerprint density at radius 1 is 1.05 bits per heavy atom. The molecule has 1 unspecified atom stereocenters. The molecular weight excluding hydrogens is 294 g/mol. The van der Waals surface area contributed by atoms with E-state index in [-0.39, 0.29) is 11.9 Å². The monoisotopic (exact) mass is 315 g/mol. The third-order valence-electron chi connectivity index (χ3n) is 3.55. The van der Waals surface area contributed by atoms with E-state index in [1.54, 1.807) is 0 Å². The number of halogens is 1. The van der Waals surface area contributed by atoms with Crippen LogP contribution in [0.4, 0.5) is 0 Å². The number of amides is 1. The van der Waals surface area contributed by atoms with Gasteiger partial charge >= 0.3 is 0 Å². The lowest BCUT2D eigenvalue weighted by Gasteiger charge is -2.21. The second-order valence-corrected chi connectivity index (χ2v) is 6.34. The van der Waals surface area contributed by atoms with Crippen LogP contribution < -0.4 is 5.32 Å². The Morgan fingerprint density at radius 2 is 1.68 bits per heavy atom. The van der Waals surface area contributed by atoms with Gasteiger partial charge in [-0.05, 0) is 29.5 Å². The summed E-state index contributed by atoms with van der Waals surface area (Å²) in [6.07, 6.45) is 1.22. The van der Waals surface area contributed by atoms with E-state index in [2.05, 4.69) is 31.3 Å². The van der Waals surface area contributed by atoms with Crippen molar-refractivity contribution in [2.75, 3.05) is 0 Å². The summed E-state index contributed by atoms with van der Waals surface area (Å²) in [6, 6.07) is 17.6. The van der Waals surface area contributed by atoms with Crippen molar-refractivity contribution in [3.8, 4) is 0 Å². The minimum Gasteiger partial charge on any atom is -0.349 e. The highest BCUT2D eigenvalue weighted by Crippen LogP contribution is 2.22. The lowest BCUT2D eigenvalue weighted by Crippen LogP contribution is -2.30. The van der Waals surface area contributed by atoms with Crippen LogP contribution >= 0.6 is 11.6 Å². The third-order valence-corrected chi connectivity index (χ3v) is 3.92. The summed E-state index contributed by atoms with van der Waals surface area (Å²) in [5, 5.41) is 3.78. The van der Waals surface area contributed by atoms with Gasteiger partial charge in [-0.25, -0.2) is 0 Å². The first kappa shape index (κ1) is 16.6. The number of carbonyl (C=O) groups is 1. The molecule has 2 aromatic rings. The summed E-state index contributed by atoms with van der Waals surface area (Å²) >= 11 is 6.13. The highest BCUT2D eigenvalue weighted by Gasteiger charge is 2.16. The van der Waals surface area contributed by atoms with E-state index in [0.717, 1.165) is 17.5 Å². The zero-order valence-corrected chi connectivity index (χ0v) is 13.8. The molecule has 1 amide bonds. The van der Waals surface area contributed by atoms with Crippen molar-refractivity contribution < 1.29 is 4.79 Å². The molecule has 1 N–H and O–H groups in total. The fraction of sp³-hybridized carbons (Fsp3) is 0.316. The van der Waals surface area contributed by atoms with Crippen LogP contribution in [0, 0.1) is 5.92 Å². The zero-order chi connectivity index (χ0) is 15.9. The Bertz CT molecular complexity index is 610. The summed E-state index contributed by atoms with van der Waals surface area (Å²) in [5.74, 6) is 0.508. The molecule has 0 spiro atoms. The Morgan fingerprint density at radius 3 is 2.32 bits per heavy atom. The van der Waals surface area contributed by atoms with Gasteiger partial charge in [-0.3, -0.25) is 4.79 Å². The molecule has 0 aliphatic heterocycles. The van der Waals surface area contributed by atoms with Gasteiger partial charge in [-0.2, -0.15) is 0 Å². The van der Waals surface area contributed by atoms with E-state index in [1.807, 2.05) is 42.5 Å². The average molecular weight is 316 g/mol. The van der Waals surface area contributed by atoms with Crippen LogP contribution in [-0.4, -0.2) is 5.91 Å². The van der Waals surface area contributed by atoms with Crippen molar-refractivity contribution in [2.24, 2.45) is 5.92 Å². The molecule has 2 nitrogen and oxygen atoms in total. The number of hydrogen-bond donors (Lipinski definition) is 1. The van der Waals surface area contributed by atoms with Crippen LogP contribution in [0.5, 0.6) is 0 Å². The highest BCUT2D eigenvalue weighted by atomic mass is 35.5. The van der Waals surface area contributed by atoms with E-state index < -0.39 is 0 Å². The van der Waals surface area contributed by atoms with E-state index in [9.17, 15) is 4.79 Å². The molecule has 0 aliphatic carbocycles. The average Bonchev–Trinajstić information content (AvgIpc) is 2.49. The number of carbonyl (C=O) groups excluding carboxylic acids is 1. The smallest absolute Gasteiger partial charge is 0.224 e. The highest BCUT2D eigenvalue weighted by molar-refractivity contribution is 6.31. The molecule has 0 saturated heterocycles. The summed E-state index contributed by atoms with van der Waals surface area (Å²) in [5.41, 5.74) is 2.00. The van der Waals surface area contributed by atoms with Gasteiger partial charge in [0.05, 0.1) is 12.5 Å². The molecule has 2 rings (SSSR count). The Labute approximate surface area is 137 Å². The second-order valence-electron chi connectivity index (χ2n) is 5.93. The zero-order valence-electron chi connectivity index (χ0n) is 13.1. The van der Waals surface area contributed by atoms with Crippen molar-refractivity contribution in [2.45, 2.75) is 32.7 Å². The van der Waals surface area contributed by atoms with Crippen molar-refractivity contribution in [1.82, 2.24) is 5.32 Å². The molecule has 2 aromatic carbocycles. The van der Waals surface area contributed by atoms with Crippen molar-refractivity contribution in [1.29, 1.82) is 0 Å². The van der Waals surface area contributed by atoms with Gasteiger partial charge in [0, 0.05) is 5.02 Å². The van der Waals surface area contributed by atoms with Crippen LogP contribution in [-0.2, 0) is 11.2 Å². The van der Waals surface area contributed by atoms with Crippen LogP contribution in [0.1, 0.15) is 37.4 Å². The SMILES string of the molecule is CC(C)CC(NC(=O)Cc1ccccc1Cl)c1ccccc1. The maximum Gasteiger partial charge on any atom is 0.224 e. The van der Waals surface area contributed by atoms with Gasteiger partial charge in [-0.1, -0.05) is 74.0 Å². The minimum absolute atomic E-state index is 0.00241. The van der Waals surface area contributed by atoms with Gasteiger partial charge in [0.25, 0.3) is 0 Å². The lowest BCUT2D eigenvalue weighted by molar-refractivity contribution is -0.121. The first-order valence-corrected chi connectivity index (χ1v) is 8.01. The number of benzene rings is 2. The van der Waals surface area contributed by atoms with Gasteiger partial charge in [0.1, 0.15) is 0 Å². The van der Waals surface area contributed by atoms with Gasteiger partial charge in [0.2, 0.25) is 5.91 Å². The largest absolute Gasteiger partial charge is 0.349 e. The summed E-state index contributed by atoms with van der Waals surface area (Å²) in [6.45, 7) is 4.33. The molecule has 0 heterocycles. The third kappa shape index (κ3) is 4.88. The maximum atomic E-state index is 12.4.